The van der Waals surface area contributed by atoms with Crippen LogP contribution in [-0.4, -0.2) is 48.5 Å². The van der Waals surface area contributed by atoms with E-state index in [2.05, 4.69) is 18.7 Å². The standard InChI is InChI=1S/C13H27NO2/c1-4-6-13(15)12(5-2)14(9-10-16-3)11-7-8-11/h11-13,15H,4-10H2,1-3H3. The topological polar surface area (TPSA) is 32.7 Å². The summed E-state index contributed by atoms with van der Waals surface area (Å²) in [6.45, 7) is 6.03. The first-order valence-corrected chi connectivity index (χ1v) is 6.67. The van der Waals surface area contributed by atoms with E-state index >= 15 is 0 Å². The van der Waals surface area contributed by atoms with Crippen molar-refractivity contribution in [2.75, 3.05) is 20.3 Å². The monoisotopic (exact) mass is 229 g/mol. The van der Waals surface area contributed by atoms with E-state index in [0.717, 1.165) is 32.4 Å². The van der Waals surface area contributed by atoms with Crippen LogP contribution < -0.4 is 0 Å². The van der Waals surface area contributed by atoms with Gasteiger partial charge < -0.3 is 9.84 Å². The molecule has 0 radical (unpaired) electrons. The third-order valence-electron chi connectivity index (χ3n) is 3.44. The lowest BCUT2D eigenvalue weighted by atomic mass is 10.0. The first kappa shape index (κ1) is 13.9. The third kappa shape index (κ3) is 4.04. The van der Waals surface area contributed by atoms with Crippen molar-refractivity contribution in [1.82, 2.24) is 4.90 Å². The molecule has 0 heterocycles. The Morgan fingerprint density at radius 2 is 2.06 bits per heavy atom. The molecule has 2 unspecified atom stereocenters. The maximum Gasteiger partial charge on any atom is 0.0695 e. The number of methoxy groups -OCH3 is 1. The number of aliphatic hydroxyl groups excluding tert-OH is 1. The van der Waals surface area contributed by atoms with Gasteiger partial charge in [0.2, 0.25) is 0 Å². The maximum absolute atomic E-state index is 10.2. The molecule has 2 atom stereocenters. The normalized spacial score (nSPS) is 20.1. The smallest absolute Gasteiger partial charge is 0.0695 e. The highest BCUT2D eigenvalue weighted by Gasteiger charge is 2.35. The molecule has 96 valence electrons. The van der Waals surface area contributed by atoms with Gasteiger partial charge in [0.25, 0.3) is 0 Å². The van der Waals surface area contributed by atoms with Gasteiger partial charge in [0, 0.05) is 25.7 Å². The summed E-state index contributed by atoms with van der Waals surface area (Å²) in [6.07, 6.45) is 5.40. The fourth-order valence-corrected chi connectivity index (χ4v) is 2.44. The average Bonchev–Trinajstić information content (AvgIpc) is 3.08. The minimum absolute atomic E-state index is 0.174. The van der Waals surface area contributed by atoms with Gasteiger partial charge in [-0.15, -0.1) is 0 Å². The van der Waals surface area contributed by atoms with Gasteiger partial charge in [-0.2, -0.15) is 0 Å². The second kappa shape index (κ2) is 7.25. The second-order valence-corrected chi connectivity index (χ2v) is 4.79. The number of ether oxygens (including phenoxy) is 1. The molecule has 0 aromatic rings. The number of aliphatic hydroxyl groups is 1. The summed E-state index contributed by atoms with van der Waals surface area (Å²) in [5.74, 6) is 0. The first-order valence-electron chi connectivity index (χ1n) is 6.67. The Kier molecular flexibility index (Phi) is 6.32. The third-order valence-corrected chi connectivity index (χ3v) is 3.44. The minimum Gasteiger partial charge on any atom is -0.391 e. The van der Waals surface area contributed by atoms with Crippen LogP contribution in [0.3, 0.4) is 0 Å². The number of hydrogen-bond acceptors (Lipinski definition) is 3. The van der Waals surface area contributed by atoms with Gasteiger partial charge in [-0.25, -0.2) is 0 Å². The molecule has 16 heavy (non-hydrogen) atoms. The van der Waals surface area contributed by atoms with Crippen LogP contribution in [0.15, 0.2) is 0 Å². The molecule has 0 saturated heterocycles. The van der Waals surface area contributed by atoms with E-state index in [0.29, 0.717) is 12.1 Å². The van der Waals surface area contributed by atoms with Gasteiger partial charge >= 0.3 is 0 Å². The van der Waals surface area contributed by atoms with Gasteiger partial charge in [-0.1, -0.05) is 20.3 Å². The summed E-state index contributed by atoms with van der Waals surface area (Å²) in [4.78, 5) is 2.46. The van der Waals surface area contributed by atoms with Crippen LogP contribution in [0.25, 0.3) is 0 Å². The Labute approximate surface area is 99.8 Å². The molecule has 0 spiro atoms. The van der Waals surface area contributed by atoms with Gasteiger partial charge in [0.05, 0.1) is 12.7 Å². The molecule has 1 N–H and O–H groups in total. The number of nitrogens with zero attached hydrogens (tertiary/aromatic N) is 1. The minimum atomic E-state index is -0.174. The Morgan fingerprint density at radius 3 is 2.50 bits per heavy atom. The summed E-state index contributed by atoms with van der Waals surface area (Å²) < 4.78 is 5.16. The Bertz CT molecular complexity index is 183. The fourth-order valence-electron chi connectivity index (χ4n) is 2.44. The maximum atomic E-state index is 10.2. The van der Waals surface area contributed by atoms with Crippen molar-refractivity contribution in [3.63, 3.8) is 0 Å². The Balaban J connectivity index is 2.50. The number of hydrogen-bond donors (Lipinski definition) is 1. The van der Waals surface area contributed by atoms with Crippen molar-refractivity contribution < 1.29 is 9.84 Å². The van der Waals surface area contributed by atoms with Crippen molar-refractivity contribution in [1.29, 1.82) is 0 Å². The predicted molar refractivity (Wildman–Crippen MR) is 66.6 cm³/mol. The summed E-state index contributed by atoms with van der Waals surface area (Å²) in [7, 11) is 1.74. The second-order valence-electron chi connectivity index (χ2n) is 4.79. The van der Waals surface area contributed by atoms with E-state index in [9.17, 15) is 5.11 Å². The molecule has 3 heteroatoms. The van der Waals surface area contributed by atoms with E-state index in [1.54, 1.807) is 7.11 Å². The van der Waals surface area contributed by atoms with Crippen molar-refractivity contribution in [2.24, 2.45) is 0 Å². The Hall–Kier alpha value is -0.120. The van der Waals surface area contributed by atoms with Crippen LogP contribution in [0.4, 0.5) is 0 Å². The highest BCUT2D eigenvalue weighted by Crippen LogP contribution is 2.30. The van der Waals surface area contributed by atoms with Crippen molar-refractivity contribution in [2.45, 2.75) is 64.1 Å². The summed E-state index contributed by atoms with van der Waals surface area (Å²) in [5, 5.41) is 10.2. The molecule has 0 bridgehead atoms. The SMILES string of the molecule is CCCC(O)C(CC)N(CCOC)C1CC1. The fraction of sp³-hybridized carbons (Fsp3) is 1.00. The van der Waals surface area contributed by atoms with E-state index in [1.807, 2.05) is 0 Å². The molecule has 1 fully saturated rings. The van der Waals surface area contributed by atoms with Crippen LogP contribution in [0.1, 0.15) is 46.0 Å². The molecule has 0 aliphatic heterocycles. The zero-order valence-corrected chi connectivity index (χ0v) is 11.0. The lowest BCUT2D eigenvalue weighted by Crippen LogP contribution is -2.46. The lowest BCUT2D eigenvalue weighted by molar-refractivity contribution is 0.0224. The van der Waals surface area contributed by atoms with E-state index in [4.69, 9.17) is 4.74 Å². The highest BCUT2D eigenvalue weighted by molar-refractivity contribution is 4.90. The van der Waals surface area contributed by atoms with Crippen molar-refractivity contribution in [3.8, 4) is 0 Å². The van der Waals surface area contributed by atoms with E-state index in [1.165, 1.54) is 12.8 Å². The first-order chi connectivity index (χ1) is 7.74. The molecule has 3 nitrogen and oxygen atoms in total. The zero-order valence-electron chi connectivity index (χ0n) is 11.0. The molecule has 0 amide bonds. The molecule has 1 rings (SSSR count). The van der Waals surface area contributed by atoms with Gasteiger partial charge in [0.15, 0.2) is 0 Å². The molecule has 1 aliphatic rings. The van der Waals surface area contributed by atoms with E-state index in [-0.39, 0.29) is 6.10 Å². The molecule has 1 saturated carbocycles. The molecule has 1 aliphatic carbocycles. The van der Waals surface area contributed by atoms with Crippen LogP contribution >= 0.6 is 0 Å². The van der Waals surface area contributed by atoms with Crippen LogP contribution in [0.2, 0.25) is 0 Å². The Morgan fingerprint density at radius 1 is 1.38 bits per heavy atom. The molecular formula is C13H27NO2. The number of rotatable bonds is 9. The van der Waals surface area contributed by atoms with Crippen molar-refractivity contribution >= 4 is 0 Å². The quantitative estimate of drug-likeness (QED) is 0.657. The van der Waals surface area contributed by atoms with Crippen LogP contribution in [0, 0.1) is 0 Å². The summed E-state index contributed by atoms with van der Waals surface area (Å²) >= 11 is 0. The largest absolute Gasteiger partial charge is 0.391 e. The van der Waals surface area contributed by atoms with Gasteiger partial charge in [-0.05, 0) is 25.7 Å². The summed E-state index contributed by atoms with van der Waals surface area (Å²) in [5.41, 5.74) is 0. The van der Waals surface area contributed by atoms with Crippen LogP contribution in [-0.2, 0) is 4.74 Å². The van der Waals surface area contributed by atoms with Crippen molar-refractivity contribution in [3.05, 3.63) is 0 Å². The lowest BCUT2D eigenvalue weighted by Gasteiger charge is -2.34. The van der Waals surface area contributed by atoms with E-state index < -0.39 is 0 Å². The van der Waals surface area contributed by atoms with Gasteiger partial charge in [0.1, 0.15) is 0 Å². The molecule has 0 aromatic carbocycles. The zero-order chi connectivity index (χ0) is 12.0. The summed E-state index contributed by atoms with van der Waals surface area (Å²) in [6, 6.07) is 1.02. The average molecular weight is 229 g/mol. The van der Waals surface area contributed by atoms with Gasteiger partial charge in [-0.3, -0.25) is 4.90 Å². The molecular weight excluding hydrogens is 202 g/mol. The predicted octanol–water partition coefficient (Wildman–Crippen LogP) is 2.04. The van der Waals surface area contributed by atoms with Crippen LogP contribution in [0.5, 0.6) is 0 Å². The highest BCUT2D eigenvalue weighted by atomic mass is 16.5. The molecule has 0 aromatic heterocycles.